The summed E-state index contributed by atoms with van der Waals surface area (Å²) in [5.74, 6) is 2.60. The molecule has 1 aromatic rings. The number of benzene rings is 1. The molecular formula is C16H23NO2. The van der Waals surface area contributed by atoms with Gasteiger partial charge in [-0.15, -0.1) is 0 Å². The normalized spacial score (nSPS) is 25.5. The molecule has 1 heterocycles. The zero-order chi connectivity index (χ0) is 13.1. The molecule has 0 spiro atoms. The highest BCUT2D eigenvalue weighted by Crippen LogP contribution is 2.33. The average molecular weight is 261 g/mol. The van der Waals surface area contributed by atoms with Crippen LogP contribution in [0.2, 0.25) is 0 Å². The lowest BCUT2D eigenvalue weighted by Gasteiger charge is -2.31. The smallest absolute Gasteiger partial charge is 0.231 e. The molecule has 1 aliphatic carbocycles. The predicted molar refractivity (Wildman–Crippen MR) is 75.4 cm³/mol. The molecule has 0 saturated heterocycles. The van der Waals surface area contributed by atoms with E-state index >= 15 is 0 Å². The molecule has 2 unspecified atom stereocenters. The summed E-state index contributed by atoms with van der Waals surface area (Å²) in [4.78, 5) is 0. The first-order valence-corrected chi connectivity index (χ1v) is 7.48. The Morgan fingerprint density at radius 2 is 2.00 bits per heavy atom. The van der Waals surface area contributed by atoms with Gasteiger partial charge < -0.3 is 14.8 Å². The first-order chi connectivity index (χ1) is 9.36. The molecule has 0 amide bonds. The van der Waals surface area contributed by atoms with Gasteiger partial charge in [-0.1, -0.05) is 32.3 Å². The third-order valence-corrected chi connectivity index (χ3v) is 4.44. The fourth-order valence-electron chi connectivity index (χ4n) is 3.26. The summed E-state index contributed by atoms with van der Waals surface area (Å²) in [6, 6.07) is 6.92. The molecule has 1 aromatic carbocycles. The predicted octanol–water partition coefficient (Wildman–Crippen LogP) is 3.47. The van der Waals surface area contributed by atoms with Crippen molar-refractivity contribution < 1.29 is 9.47 Å². The summed E-state index contributed by atoms with van der Waals surface area (Å²) in [5.41, 5.74) is 1.28. The van der Waals surface area contributed by atoms with Crippen molar-refractivity contribution in [2.45, 2.75) is 51.6 Å². The van der Waals surface area contributed by atoms with Gasteiger partial charge in [-0.2, -0.15) is 0 Å². The maximum Gasteiger partial charge on any atom is 0.231 e. The van der Waals surface area contributed by atoms with Gasteiger partial charge in [0.2, 0.25) is 6.79 Å². The second-order valence-electron chi connectivity index (χ2n) is 5.63. The molecule has 0 aromatic heterocycles. The van der Waals surface area contributed by atoms with E-state index in [4.69, 9.17) is 9.47 Å². The summed E-state index contributed by atoms with van der Waals surface area (Å²) in [6.07, 6.45) is 6.77. The Balaban J connectivity index is 1.59. The van der Waals surface area contributed by atoms with Gasteiger partial charge in [-0.25, -0.2) is 0 Å². The highest BCUT2D eigenvalue weighted by Gasteiger charge is 2.23. The van der Waals surface area contributed by atoms with E-state index in [-0.39, 0.29) is 0 Å². The Kier molecular flexibility index (Phi) is 3.92. The SMILES string of the molecule is CCC1CCCCC1NCc1ccc2c(c1)OCO2. The lowest BCUT2D eigenvalue weighted by molar-refractivity contribution is 0.174. The highest BCUT2D eigenvalue weighted by molar-refractivity contribution is 5.44. The van der Waals surface area contributed by atoms with Gasteiger partial charge in [0.15, 0.2) is 11.5 Å². The Morgan fingerprint density at radius 3 is 2.89 bits per heavy atom. The van der Waals surface area contributed by atoms with Crippen LogP contribution < -0.4 is 14.8 Å². The van der Waals surface area contributed by atoms with Crippen molar-refractivity contribution in [2.24, 2.45) is 5.92 Å². The molecule has 0 radical (unpaired) electrons. The quantitative estimate of drug-likeness (QED) is 0.900. The van der Waals surface area contributed by atoms with Crippen LogP contribution in [0.1, 0.15) is 44.6 Å². The largest absolute Gasteiger partial charge is 0.454 e. The minimum Gasteiger partial charge on any atom is -0.454 e. The molecule has 1 N–H and O–H groups in total. The van der Waals surface area contributed by atoms with E-state index in [0.29, 0.717) is 12.8 Å². The van der Waals surface area contributed by atoms with E-state index in [9.17, 15) is 0 Å². The van der Waals surface area contributed by atoms with Crippen LogP contribution in [-0.2, 0) is 6.54 Å². The second-order valence-corrected chi connectivity index (χ2v) is 5.63. The molecule has 104 valence electrons. The van der Waals surface area contributed by atoms with Crippen LogP contribution in [0.4, 0.5) is 0 Å². The minimum atomic E-state index is 0.354. The van der Waals surface area contributed by atoms with Gasteiger partial charge in [-0.05, 0) is 36.5 Å². The van der Waals surface area contributed by atoms with E-state index in [1.54, 1.807) is 0 Å². The highest BCUT2D eigenvalue weighted by atomic mass is 16.7. The fourth-order valence-corrected chi connectivity index (χ4v) is 3.26. The monoisotopic (exact) mass is 261 g/mol. The molecule has 3 rings (SSSR count). The zero-order valence-electron chi connectivity index (χ0n) is 11.7. The van der Waals surface area contributed by atoms with E-state index in [1.807, 2.05) is 6.07 Å². The van der Waals surface area contributed by atoms with Crippen molar-refractivity contribution in [1.29, 1.82) is 0 Å². The summed E-state index contributed by atoms with van der Waals surface area (Å²) in [6.45, 7) is 3.59. The van der Waals surface area contributed by atoms with E-state index < -0.39 is 0 Å². The summed E-state index contributed by atoms with van der Waals surface area (Å²) in [5, 5.41) is 3.73. The molecular weight excluding hydrogens is 238 g/mol. The maximum absolute atomic E-state index is 5.42. The van der Waals surface area contributed by atoms with E-state index in [0.717, 1.165) is 24.0 Å². The lowest BCUT2D eigenvalue weighted by atomic mass is 9.83. The molecule has 3 heteroatoms. The molecule has 2 atom stereocenters. The van der Waals surface area contributed by atoms with E-state index in [1.165, 1.54) is 37.7 Å². The van der Waals surface area contributed by atoms with Crippen molar-refractivity contribution in [1.82, 2.24) is 5.32 Å². The molecule has 1 aliphatic heterocycles. The third kappa shape index (κ3) is 2.86. The van der Waals surface area contributed by atoms with Gasteiger partial charge in [0, 0.05) is 12.6 Å². The molecule has 0 bridgehead atoms. The Hall–Kier alpha value is -1.22. The number of fused-ring (bicyclic) bond motifs is 1. The number of nitrogens with one attached hydrogen (secondary N) is 1. The third-order valence-electron chi connectivity index (χ3n) is 4.44. The van der Waals surface area contributed by atoms with Crippen LogP contribution in [0.15, 0.2) is 18.2 Å². The van der Waals surface area contributed by atoms with Gasteiger partial charge in [0.1, 0.15) is 0 Å². The molecule has 19 heavy (non-hydrogen) atoms. The maximum atomic E-state index is 5.42. The average Bonchev–Trinajstić information content (AvgIpc) is 2.93. The van der Waals surface area contributed by atoms with Crippen LogP contribution in [0.25, 0.3) is 0 Å². The standard InChI is InChI=1S/C16H23NO2/c1-2-13-5-3-4-6-14(13)17-10-12-7-8-15-16(9-12)19-11-18-15/h7-9,13-14,17H,2-6,10-11H2,1H3. The van der Waals surface area contributed by atoms with Crippen LogP contribution >= 0.6 is 0 Å². The van der Waals surface area contributed by atoms with Crippen molar-refractivity contribution >= 4 is 0 Å². The van der Waals surface area contributed by atoms with Gasteiger partial charge in [-0.3, -0.25) is 0 Å². The van der Waals surface area contributed by atoms with Crippen LogP contribution in [0.5, 0.6) is 11.5 Å². The van der Waals surface area contributed by atoms with E-state index in [2.05, 4.69) is 24.4 Å². The van der Waals surface area contributed by atoms with Crippen LogP contribution in [0.3, 0.4) is 0 Å². The number of ether oxygens (including phenoxy) is 2. The number of rotatable bonds is 4. The van der Waals surface area contributed by atoms with Gasteiger partial charge in [0.25, 0.3) is 0 Å². The summed E-state index contributed by atoms with van der Waals surface area (Å²) in [7, 11) is 0. The first-order valence-electron chi connectivity index (χ1n) is 7.48. The Morgan fingerprint density at radius 1 is 1.16 bits per heavy atom. The Bertz CT molecular complexity index is 433. The van der Waals surface area contributed by atoms with Crippen LogP contribution in [0, 0.1) is 5.92 Å². The van der Waals surface area contributed by atoms with Crippen LogP contribution in [-0.4, -0.2) is 12.8 Å². The minimum absolute atomic E-state index is 0.354. The summed E-state index contributed by atoms with van der Waals surface area (Å²) >= 11 is 0. The molecule has 1 fully saturated rings. The first kappa shape index (κ1) is 12.8. The Labute approximate surface area is 115 Å². The summed E-state index contributed by atoms with van der Waals surface area (Å²) < 4.78 is 10.8. The van der Waals surface area contributed by atoms with Crippen molar-refractivity contribution in [2.75, 3.05) is 6.79 Å². The van der Waals surface area contributed by atoms with Crippen molar-refractivity contribution in [3.8, 4) is 11.5 Å². The molecule has 3 nitrogen and oxygen atoms in total. The molecule has 2 aliphatic rings. The zero-order valence-corrected chi connectivity index (χ0v) is 11.7. The number of hydrogen-bond acceptors (Lipinski definition) is 3. The number of hydrogen-bond donors (Lipinski definition) is 1. The fraction of sp³-hybridized carbons (Fsp3) is 0.625. The van der Waals surface area contributed by atoms with Gasteiger partial charge >= 0.3 is 0 Å². The van der Waals surface area contributed by atoms with Crippen molar-refractivity contribution in [3.05, 3.63) is 23.8 Å². The topological polar surface area (TPSA) is 30.5 Å². The molecule has 1 saturated carbocycles. The second kappa shape index (κ2) is 5.83. The van der Waals surface area contributed by atoms with Gasteiger partial charge in [0.05, 0.1) is 0 Å². The lowest BCUT2D eigenvalue weighted by Crippen LogP contribution is -2.37. The van der Waals surface area contributed by atoms with Crippen molar-refractivity contribution in [3.63, 3.8) is 0 Å².